The highest BCUT2D eigenvalue weighted by atomic mass is 32.2. The number of benzene rings is 2. The van der Waals surface area contributed by atoms with E-state index < -0.39 is 28.3 Å². The molecule has 1 aromatic heterocycles. The van der Waals surface area contributed by atoms with E-state index in [0.29, 0.717) is 11.3 Å². The first-order valence-corrected chi connectivity index (χ1v) is 10.9. The fraction of sp³-hybridized carbons (Fsp3) is 0.150. The zero-order valence-corrected chi connectivity index (χ0v) is 17.4. The van der Waals surface area contributed by atoms with E-state index in [2.05, 4.69) is 5.32 Å². The molecule has 0 saturated carbocycles. The van der Waals surface area contributed by atoms with Crippen LogP contribution in [0.4, 0.5) is 15.8 Å². The third-order valence-electron chi connectivity index (χ3n) is 4.14. The van der Waals surface area contributed by atoms with E-state index in [-0.39, 0.29) is 15.6 Å². The molecule has 9 heteroatoms. The average Bonchev–Trinajstić information content (AvgIpc) is 3.25. The van der Waals surface area contributed by atoms with Crippen molar-refractivity contribution in [2.45, 2.75) is 11.1 Å². The van der Waals surface area contributed by atoms with Gasteiger partial charge in [0.15, 0.2) is 0 Å². The van der Waals surface area contributed by atoms with Crippen LogP contribution in [-0.4, -0.2) is 28.0 Å². The lowest BCUT2D eigenvalue weighted by Crippen LogP contribution is -2.38. The summed E-state index contributed by atoms with van der Waals surface area (Å²) in [5.41, 5.74) is 0.916. The molecular formula is C20H19FN2O4S2. The Balaban J connectivity index is 1.95. The quantitative estimate of drug-likeness (QED) is 0.609. The molecule has 152 valence electrons. The van der Waals surface area contributed by atoms with E-state index in [1.165, 1.54) is 25.3 Å². The van der Waals surface area contributed by atoms with Gasteiger partial charge in [0.1, 0.15) is 22.3 Å². The first-order valence-electron chi connectivity index (χ1n) is 8.58. The maximum absolute atomic E-state index is 13.8. The van der Waals surface area contributed by atoms with Crippen LogP contribution in [0.25, 0.3) is 0 Å². The summed E-state index contributed by atoms with van der Waals surface area (Å²) in [7, 11) is -2.59. The van der Waals surface area contributed by atoms with Crippen LogP contribution in [0.5, 0.6) is 5.75 Å². The van der Waals surface area contributed by atoms with Crippen molar-refractivity contribution in [2.75, 3.05) is 23.3 Å². The molecule has 1 N–H and O–H groups in total. The lowest BCUT2D eigenvalue weighted by atomic mass is 10.2. The van der Waals surface area contributed by atoms with Gasteiger partial charge in [0, 0.05) is 5.69 Å². The number of hydrogen-bond donors (Lipinski definition) is 1. The number of anilines is 2. The van der Waals surface area contributed by atoms with Crippen molar-refractivity contribution in [3.05, 3.63) is 71.4 Å². The lowest BCUT2D eigenvalue weighted by molar-refractivity contribution is -0.114. The van der Waals surface area contributed by atoms with Crippen LogP contribution in [0, 0.1) is 12.7 Å². The minimum Gasteiger partial charge on any atom is -0.495 e. The summed E-state index contributed by atoms with van der Waals surface area (Å²) < 4.78 is 46.5. The monoisotopic (exact) mass is 434 g/mol. The molecule has 0 spiro atoms. The Morgan fingerprint density at radius 1 is 1.17 bits per heavy atom. The normalized spacial score (nSPS) is 11.1. The second kappa shape index (κ2) is 8.62. The smallest absolute Gasteiger partial charge is 0.274 e. The van der Waals surface area contributed by atoms with Crippen LogP contribution >= 0.6 is 11.3 Å². The number of carbonyl (C=O) groups excluding carboxylic acids is 1. The number of sulfonamides is 1. The summed E-state index contributed by atoms with van der Waals surface area (Å²) in [6, 6.07) is 13.9. The van der Waals surface area contributed by atoms with Gasteiger partial charge in [-0.1, -0.05) is 24.3 Å². The lowest BCUT2D eigenvalue weighted by Gasteiger charge is -2.25. The second-order valence-corrected chi connectivity index (χ2v) is 9.16. The van der Waals surface area contributed by atoms with E-state index in [1.54, 1.807) is 48.7 Å². The summed E-state index contributed by atoms with van der Waals surface area (Å²) in [4.78, 5) is 12.6. The minimum absolute atomic E-state index is 0.0950. The number of halogens is 1. The molecule has 0 saturated heterocycles. The Kier molecular flexibility index (Phi) is 6.19. The molecule has 0 radical (unpaired) electrons. The van der Waals surface area contributed by atoms with Crippen LogP contribution in [0.3, 0.4) is 0 Å². The molecule has 2 aromatic carbocycles. The molecule has 0 aliphatic heterocycles. The zero-order valence-electron chi connectivity index (χ0n) is 15.8. The minimum atomic E-state index is -4.01. The first-order chi connectivity index (χ1) is 13.8. The molecule has 0 bridgehead atoms. The summed E-state index contributed by atoms with van der Waals surface area (Å²) >= 11 is 1.05. The Hall–Kier alpha value is -2.91. The third kappa shape index (κ3) is 4.57. The molecule has 1 amide bonds. The van der Waals surface area contributed by atoms with Crippen molar-refractivity contribution in [3.63, 3.8) is 0 Å². The number of nitrogens with one attached hydrogen (secondary N) is 1. The Morgan fingerprint density at radius 2 is 1.93 bits per heavy atom. The molecule has 6 nitrogen and oxygen atoms in total. The van der Waals surface area contributed by atoms with Gasteiger partial charge in [0.05, 0.1) is 12.8 Å². The summed E-state index contributed by atoms with van der Waals surface area (Å²) in [5, 5.41) is 4.18. The number of thiophene rings is 1. The molecule has 0 aliphatic rings. The maximum Gasteiger partial charge on any atom is 0.274 e. The van der Waals surface area contributed by atoms with Crippen molar-refractivity contribution in [3.8, 4) is 5.75 Å². The molecule has 3 aromatic rings. The highest BCUT2D eigenvalue weighted by Gasteiger charge is 2.30. The largest absolute Gasteiger partial charge is 0.495 e. The van der Waals surface area contributed by atoms with Crippen molar-refractivity contribution >= 4 is 38.6 Å². The third-order valence-corrected chi connectivity index (χ3v) is 7.27. The van der Waals surface area contributed by atoms with Gasteiger partial charge >= 0.3 is 0 Å². The number of hydrogen-bond acceptors (Lipinski definition) is 5. The molecule has 0 fully saturated rings. The predicted octanol–water partition coefficient (Wildman–Crippen LogP) is 4.04. The van der Waals surface area contributed by atoms with Gasteiger partial charge in [-0.25, -0.2) is 12.8 Å². The Morgan fingerprint density at radius 3 is 2.59 bits per heavy atom. The number of ether oxygens (including phenoxy) is 1. The fourth-order valence-electron chi connectivity index (χ4n) is 2.66. The Bertz CT molecular complexity index is 1120. The topological polar surface area (TPSA) is 75.7 Å². The number of nitrogens with zero attached hydrogens (tertiary/aromatic N) is 1. The molecule has 3 rings (SSSR count). The maximum atomic E-state index is 13.8. The number of carbonyl (C=O) groups is 1. The van der Waals surface area contributed by atoms with Crippen molar-refractivity contribution in [2.24, 2.45) is 0 Å². The highest BCUT2D eigenvalue weighted by Crippen LogP contribution is 2.33. The van der Waals surface area contributed by atoms with Crippen molar-refractivity contribution < 1.29 is 22.3 Å². The molecular weight excluding hydrogens is 415 g/mol. The molecule has 0 atom stereocenters. The number of aryl methyl sites for hydroxylation is 1. The number of amides is 1. The zero-order chi connectivity index (χ0) is 21.0. The van der Waals surface area contributed by atoms with Gasteiger partial charge in [-0.3, -0.25) is 9.10 Å². The van der Waals surface area contributed by atoms with Gasteiger partial charge < -0.3 is 10.1 Å². The SMILES string of the molecule is COc1ccccc1N(CC(=O)Nc1ccc(C)c(F)c1)S(=O)(=O)c1cccs1. The van der Waals surface area contributed by atoms with Gasteiger partial charge in [-0.05, 0) is 48.2 Å². The van der Waals surface area contributed by atoms with Gasteiger partial charge in [0.25, 0.3) is 10.0 Å². The first kappa shape index (κ1) is 20.8. The van der Waals surface area contributed by atoms with Crippen LogP contribution < -0.4 is 14.4 Å². The molecule has 0 aliphatic carbocycles. The predicted molar refractivity (Wildman–Crippen MR) is 112 cm³/mol. The van der Waals surface area contributed by atoms with E-state index in [4.69, 9.17) is 4.74 Å². The van der Waals surface area contributed by atoms with E-state index in [0.717, 1.165) is 15.6 Å². The Labute approximate surface area is 172 Å². The summed E-state index contributed by atoms with van der Waals surface area (Å²) in [6.07, 6.45) is 0. The summed E-state index contributed by atoms with van der Waals surface area (Å²) in [5.74, 6) is -0.767. The van der Waals surface area contributed by atoms with E-state index >= 15 is 0 Å². The standard InChI is InChI=1S/C20H19FN2O4S2/c1-14-9-10-15(12-16(14)21)22-19(24)13-23(17-6-3-4-7-18(17)27-2)29(25,26)20-8-5-11-28-20/h3-12H,13H2,1-2H3,(H,22,24). The van der Waals surface area contributed by atoms with Crippen LogP contribution in [0.2, 0.25) is 0 Å². The van der Waals surface area contributed by atoms with E-state index in [1.807, 2.05) is 0 Å². The average molecular weight is 435 g/mol. The fourth-order valence-corrected chi connectivity index (χ4v) is 5.19. The molecule has 0 unspecified atom stereocenters. The number of para-hydroxylation sites is 2. The molecule has 29 heavy (non-hydrogen) atoms. The second-order valence-electron chi connectivity index (χ2n) is 6.13. The van der Waals surface area contributed by atoms with Crippen LogP contribution in [0.15, 0.2) is 64.2 Å². The highest BCUT2D eigenvalue weighted by molar-refractivity contribution is 7.94. The molecule has 1 heterocycles. The number of methoxy groups -OCH3 is 1. The summed E-state index contributed by atoms with van der Waals surface area (Å²) in [6.45, 7) is 1.11. The van der Waals surface area contributed by atoms with Gasteiger partial charge in [0.2, 0.25) is 5.91 Å². The van der Waals surface area contributed by atoms with Gasteiger partial charge in [-0.15, -0.1) is 11.3 Å². The van der Waals surface area contributed by atoms with Crippen LogP contribution in [0.1, 0.15) is 5.56 Å². The van der Waals surface area contributed by atoms with Crippen LogP contribution in [-0.2, 0) is 14.8 Å². The number of rotatable bonds is 7. The van der Waals surface area contributed by atoms with Crippen molar-refractivity contribution in [1.82, 2.24) is 0 Å². The van der Waals surface area contributed by atoms with Gasteiger partial charge in [-0.2, -0.15) is 0 Å². The van der Waals surface area contributed by atoms with E-state index in [9.17, 15) is 17.6 Å². The van der Waals surface area contributed by atoms with Crippen molar-refractivity contribution in [1.29, 1.82) is 0 Å².